The fourth-order valence-electron chi connectivity index (χ4n) is 4.15. The molecule has 8 heteroatoms. The summed E-state index contributed by atoms with van der Waals surface area (Å²) < 4.78 is 18.5. The molecule has 2 aromatic heterocycles. The molecule has 2 aliphatic heterocycles. The van der Waals surface area contributed by atoms with E-state index in [9.17, 15) is 4.79 Å². The number of aromatic nitrogens is 3. The van der Waals surface area contributed by atoms with Crippen LogP contribution in [0.2, 0.25) is 0 Å². The van der Waals surface area contributed by atoms with E-state index in [4.69, 9.17) is 14.0 Å². The van der Waals surface area contributed by atoms with Crippen LogP contribution in [0.4, 0.5) is 4.79 Å². The van der Waals surface area contributed by atoms with Gasteiger partial charge in [0.05, 0.1) is 36.7 Å². The van der Waals surface area contributed by atoms with Crippen molar-refractivity contribution in [2.24, 2.45) is 0 Å². The van der Waals surface area contributed by atoms with Gasteiger partial charge in [-0.2, -0.15) is 5.10 Å². The zero-order valence-electron chi connectivity index (χ0n) is 18.2. The number of carbonyl (C=O) groups excluding carboxylic acids is 1. The van der Waals surface area contributed by atoms with Gasteiger partial charge in [-0.1, -0.05) is 17.3 Å². The molecule has 164 valence electrons. The Morgan fingerprint density at radius 1 is 1.16 bits per heavy atom. The highest BCUT2D eigenvalue weighted by Crippen LogP contribution is 2.33. The molecule has 8 nitrogen and oxygen atoms in total. The van der Waals surface area contributed by atoms with Crippen LogP contribution in [0, 0.1) is 0 Å². The number of carbonyl (C=O) groups is 1. The van der Waals surface area contributed by atoms with Crippen LogP contribution in [0.1, 0.15) is 51.3 Å². The van der Waals surface area contributed by atoms with Gasteiger partial charge in [-0.25, -0.2) is 4.79 Å². The van der Waals surface area contributed by atoms with Gasteiger partial charge in [0.15, 0.2) is 5.76 Å². The highest BCUT2D eigenvalue weighted by atomic mass is 16.6. The summed E-state index contributed by atoms with van der Waals surface area (Å²) in [4.78, 5) is 14.1. The molecule has 0 N–H and O–H groups in total. The molecule has 0 spiro atoms. The molecule has 2 aliphatic rings. The number of rotatable bonds is 3. The molecule has 0 saturated carbocycles. The van der Waals surface area contributed by atoms with Crippen LogP contribution in [0.5, 0.6) is 0 Å². The highest BCUT2D eigenvalue weighted by molar-refractivity contribution is 5.83. The van der Waals surface area contributed by atoms with Crippen molar-refractivity contribution in [3.8, 4) is 11.3 Å². The molecule has 0 aliphatic carbocycles. The molecule has 0 radical (unpaired) electrons. The summed E-state index contributed by atoms with van der Waals surface area (Å²) in [5, 5.41) is 9.97. The Hall–Kier alpha value is -2.87. The van der Waals surface area contributed by atoms with Crippen LogP contribution in [-0.2, 0) is 9.47 Å². The first-order valence-corrected chi connectivity index (χ1v) is 10.9. The van der Waals surface area contributed by atoms with Crippen LogP contribution in [0.15, 0.2) is 35.0 Å². The third-order valence-corrected chi connectivity index (χ3v) is 5.94. The largest absolute Gasteiger partial charge is 0.444 e. The maximum atomic E-state index is 12.3. The molecule has 5 rings (SSSR count). The zero-order chi connectivity index (χ0) is 21.6. The van der Waals surface area contributed by atoms with Gasteiger partial charge < -0.3 is 18.9 Å². The van der Waals surface area contributed by atoms with Crippen LogP contribution in [0.25, 0.3) is 22.2 Å². The van der Waals surface area contributed by atoms with Gasteiger partial charge in [0, 0.05) is 36.0 Å². The minimum Gasteiger partial charge on any atom is -0.444 e. The van der Waals surface area contributed by atoms with E-state index in [1.54, 1.807) is 4.90 Å². The smallest absolute Gasteiger partial charge is 0.410 e. The molecule has 31 heavy (non-hydrogen) atoms. The van der Waals surface area contributed by atoms with Crippen LogP contribution in [0.3, 0.4) is 0 Å². The molecule has 4 heterocycles. The topological polar surface area (TPSA) is 82.6 Å². The fourth-order valence-corrected chi connectivity index (χ4v) is 4.15. The summed E-state index contributed by atoms with van der Waals surface area (Å²) in [6.07, 6.45) is 3.34. The van der Waals surface area contributed by atoms with Gasteiger partial charge in [0.25, 0.3) is 0 Å². The number of hydrogen-bond acceptors (Lipinski definition) is 6. The second-order valence-electron chi connectivity index (χ2n) is 9.41. The number of likely N-dealkylation sites (tertiary alicyclic amines) is 1. The first-order valence-electron chi connectivity index (χ1n) is 10.9. The van der Waals surface area contributed by atoms with Gasteiger partial charge in [-0.3, -0.25) is 4.68 Å². The molecule has 1 aromatic carbocycles. The minimum atomic E-state index is -0.475. The average molecular weight is 425 g/mol. The van der Waals surface area contributed by atoms with Crippen molar-refractivity contribution in [2.75, 3.05) is 26.3 Å². The third-order valence-electron chi connectivity index (χ3n) is 5.94. The summed E-state index contributed by atoms with van der Waals surface area (Å²) in [5.74, 6) is 1.03. The number of fused-ring (bicyclic) bond motifs is 1. The number of nitrogens with zero attached hydrogens (tertiary/aromatic N) is 4. The van der Waals surface area contributed by atoms with E-state index >= 15 is 0 Å². The van der Waals surface area contributed by atoms with E-state index in [2.05, 4.69) is 22.4 Å². The van der Waals surface area contributed by atoms with Crippen molar-refractivity contribution in [3.63, 3.8) is 0 Å². The maximum Gasteiger partial charge on any atom is 0.410 e. The second kappa shape index (κ2) is 7.67. The fraction of sp³-hybridized carbons (Fsp3) is 0.522. The third kappa shape index (κ3) is 4.04. The van der Waals surface area contributed by atoms with Crippen molar-refractivity contribution < 1.29 is 18.8 Å². The Balaban J connectivity index is 1.28. The Bertz CT molecular complexity index is 1080. The van der Waals surface area contributed by atoms with Crippen LogP contribution in [-0.4, -0.2) is 57.8 Å². The molecule has 3 aromatic rings. The second-order valence-corrected chi connectivity index (χ2v) is 9.41. The summed E-state index contributed by atoms with van der Waals surface area (Å²) in [6.45, 7) is 8.40. The Morgan fingerprint density at radius 3 is 2.61 bits per heavy atom. The summed E-state index contributed by atoms with van der Waals surface area (Å²) in [7, 11) is 0. The summed E-state index contributed by atoms with van der Waals surface area (Å²) in [6, 6.07) is 8.54. The number of ether oxygens (including phenoxy) is 2. The van der Waals surface area contributed by atoms with Crippen LogP contribution >= 0.6 is 0 Å². The lowest BCUT2D eigenvalue weighted by Gasteiger charge is -2.32. The molecule has 0 bridgehead atoms. The van der Waals surface area contributed by atoms with E-state index in [-0.39, 0.29) is 12.0 Å². The molecule has 0 atom stereocenters. The summed E-state index contributed by atoms with van der Waals surface area (Å²) >= 11 is 0. The van der Waals surface area contributed by atoms with E-state index in [1.807, 2.05) is 43.8 Å². The van der Waals surface area contributed by atoms with Gasteiger partial charge in [0.2, 0.25) is 0 Å². The lowest BCUT2D eigenvalue weighted by atomic mass is 9.93. The number of piperidine rings is 1. The van der Waals surface area contributed by atoms with E-state index in [0.717, 1.165) is 40.8 Å². The first kappa shape index (κ1) is 20.1. The molecular weight excluding hydrogens is 396 g/mol. The monoisotopic (exact) mass is 424 g/mol. The van der Waals surface area contributed by atoms with E-state index in [0.29, 0.717) is 32.3 Å². The van der Waals surface area contributed by atoms with Crippen molar-refractivity contribution in [2.45, 2.75) is 51.2 Å². The predicted molar refractivity (Wildman–Crippen MR) is 115 cm³/mol. The van der Waals surface area contributed by atoms with Crippen molar-refractivity contribution in [1.82, 2.24) is 19.8 Å². The normalized spacial score (nSPS) is 18.4. The molecule has 0 unspecified atom stereocenters. The van der Waals surface area contributed by atoms with E-state index < -0.39 is 5.60 Å². The number of hydrogen-bond donors (Lipinski definition) is 0. The van der Waals surface area contributed by atoms with Gasteiger partial charge in [-0.05, 0) is 39.7 Å². The highest BCUT2D eigenvalue weighted by Gasteiger charge is 2.29. The Labute approximate surface area is 181 Å². The SMILES string of the molecule is CC(C)(C)OC(=O)N1CCC(c2cc(-c3ccc4cnn(C5COC5)c4c3)on2)CC1. The van der Waals surface area contributed by atoms with E-state index in [1.165, 1.54) is 0 Å². The molecular formula is C23H28N4O4. The van der Waals surface area contributed by atoms with Crippen molar-refractivity contribution in [3.05, 3.63) is 36.2 Å². The van der Waals surface area contributed by atoms with Crippen molar-refractivity contribution >= 4 is 17.0 Å². The summed E-state index contributed by atoms with van der Waals surface area (Å²) in [5.41, 5.74) is 2.53. The van der Waals surface area contributed by atoms with Crippen LogP contribution < -0.4 is 0 Å². The number of amides is 1. The molecule has 2 fully saturated rings. The first-order chi connectivity index (χ1) is 14.9. The van der Waals surface area contributed by atoms with Gasteiger partial charge in [-0.15, -0.1) is 0 Å². The Kier molecular flexibility index (Phi) is 4.97. The van der Waals surface area contributed by atoms with Crippen molar-refractivity contribution in [1.29, 1.82) is 0 Å². The molecule has 2 saturated heterocycles. The van der Waals surface area contributed by atoms with Gasteiger partial charge in [0.1, 0.15) is 5.60 Å². The lowest BCUT2D eigenvalue weighted by Crippen LogP contribution is -2.41. The molecule has 1 amide bonds. The number of benzene rings is 1. The lowest BCUT2D eigenvalue weighted by molar-refractivity contribution is -0.0266. The average Bonchev–Trinajstić information content (AvgIpc) is 3.33. The zero-order valence-corrected chi connectivity index (χ0v) is 18.2. The Morgan fingerprint density at radius 2 is 1.94 bits per heavy atom. The quantitative estimate of drug-likeness (QED) is 0.621. The maximum absolute atomic E-state index is 12.3. The predicted octanol–water partition coefficient (Wildman–Crippen LogP) is 4.38. The standard InChI is InChI=1S/C23H28N4O4/c1-23(2,3)30-22(28)26-8-6-15(7-9-26)19-11-21(31-25-19)16-4-5-17-12-24-27(20(17)10-16)18-13-29-14-18/h4-5,10-12,15,18H,6-9,13-14H2,1-3H3. The van der Waals surface area contributed by atoms with Gasteiger partial charge >= 0.3 is 6.09 Å². The minimum absolute atomic E-state index is 0.242.